The lowest BCUT2D eigenvalue weighted by Gasteiger charge is -2.31. The normalized spacial score (nSPS) is 19.1. The van der Waals surface area contributed by atoms with Gasteiger partial charge in [-0.05, 0) is 38.8 Å². The average Bonchev–Trinajstić information content (AvgIpc) is 2.37. The minimum absolute atomic E-state index is 0.262. The van der Waals surface area contributed by atoms with E-state index < -0.39 is 6.10 Å². The Morgan fingerprint density at radius 2 is 2.05 bits per heavy atom. The van der Waals surface area contributed by atoms with Crippen LogP contribution in [0.25, 0.3) is 0 Å². The Morgan fingerprint density at radius 1 is 1.40 bits per heavy atom. The average molecular weight is 280 g/mol. The summed E-state index contributed by atoms with van der Waals surface area (Å²) in [6.07, 6.45) is 3.27. The van der Waals surface area contributed by atoms with Crippen molar-refractivity contribution >= 4 is 0 Å². The van der Waals surface area contributed by atoms with Gasteiger partial charge in [-0.1, -0.05) is 6.92 Å². The van der Waals surface area contributed by atoms with Gasteiger partial charge in [-0.25, -0.2) is 0 Å². The molecule has 1 atom stereocenters. The summed E-state index contributed by atoms with van der Waals surface area (Å²) in [6.45, 7) is 7.10. The minimum Gasteiger partial charge on any atom is -0.503 e. The summed E-state index contributed by atoms with van der Waals surface area (Å²) in [5, 5.41) is 19.1. The Hall–Kier alpha value is -1.33. The van der Waals surface area contributed by atoms with Crippen LogP contribution in [0.4, 0.5) is 0 Å². The summed E-state index contributed by atoms with van der Waals surface area (Å²) < 4.78 is 1.78. The molecule has 0 bridgehead atoms. The van der Waals surface area contributed by atoms with Crippen LogP contribution in [0.15, 0.2) is 17.1 Å². The fraction of sp³-hybridized carbons (Fsp3) is 0.667. The molecule has 2 N–H and O–H groups in total. The summed E-state index contributed by atoms with van der Waals surface area (Å²) in [6, 6.07) is 1.48. The summed E-state index contributed by atoms with van der Waals surface area (Å²) in [4.78, 5) is 14.0. The number of hydrogen-bond acceptors (Lipinski definition) is 4. The lowest BCUT2D eigenvalue weighted by atomic mass is 9.99. The van der Waals surface area contributed by atoms with E-state index in [2.05, 4.69) is 11.8 Å². The van der Waals surface area contributed by atoms with E-state index in [-0.39, 0.29) is 11.2 Å². The standard InChI is InChI=1S/C15H24N2O3/c1-11-3-5-16(6-4-11)9-13-7-14(19)15(20)10-17(13)8-12(2)18/h7,10-12,18,20H,3-6,8-9H2,1-2H3. The van der Waals surface area contributed by atoms with Gasteiger partial charge in [0.25, 0.3) is 0 Å². The highest BCUT2D eigenvalue weighted by Gasteiger charge is 2.17. The molecule has 0 spiro atoms. The highest BCUT2D eigenvalue weighted by Crippen LogP contribution is 2.18. The number of aliphatic hydroxyl groups is 1. The lowest BCUT2D eigenvalue weighted by molar-refractivity contribution is 0.161. The SMILES string of the molecule is CC(O)Cn1cc(O)c(=O)cc1CN1CCC(C)CC1. The topological polar surface area (TPSA) is 65.7 Å². The van der Waals surface area contributed by atoms with Crippen molar-refractivity contribution in [2.45, 2.75) is 45.9 Å². The maximum absolute atomic E-state index is 11.6. The molecular formula is C15H24N2O3. The number of aliphatic hydroxyl groups excluding tert-OH is 1. The number of rotatable bonds is 4. The fourth-order valence-corrected chi connectivity index (χ4v) is 2.64. The van der Waals surface area contributed by atoms with Gasteiger partial charge in [-0.15, -0.1) is 0 Å². The summed E-state index contributed by atoms with van der Waals surface area (Å²) in [7, 11) is 0. The third kappa shape index (κ3) is 3.84. The molecule has 0 aliphatic carbocycles. The van der Waals surface area contributed by atoms with E-state index in [1.807, 2.05) is 0 Å². The molecule has 2 rings (SSSR count). The van der Waals surface area contributed by atoms with Gasteiger partial charge in [-0.3, -0.25) is 9.69 Å². The van der Waals surface area contributed by atoms with Crippen LogP contribution in [-0.2, 0) is 13.1 Å². The Labute approximate surface area is 119 Å². The maximum atomic E-state index is 11.6. The van der Waals surface area contributed by atoms with E-state index in [0.29, 0.717) is 13.1 Å². The molecule has 1 aliphatic heterocycles. The van der Waals surface area contributed by atoms with Gasteiger partial charge in [0.2, 0.25) is 5.43 Å². The van der Waals surface area contributed by atoms with Gasteiger partial charge in [0.1, 0.15) is 0 Å². The molecule has 1 aromatic rings. The zero-order valence-electron chi connectivity index (χ0n) is 12.2. The molecule has 1 saturated heterocycles. The zero-order chi connectivity index (χ0) is 14.7. The zero-order valence-corrected chi connectivity index (χ0v) is 12.2. The van der Waals surface area contributed by atoms with Crippen molar-refractivity contribution in [2.24, 2.45) is 5.92 Å². The Balaban J connectivity index is 2.16. The minimum atomic E-state index is -0.517. The monoisotopic (exact) mass is 280 g/mol. The molecule has 112 valence electrons. The van der Waals surface area contributed by atoms with Gasteiger partial charge in [0.05, 0.1) is 12.3 Å². The molecule has 1 unspecified atom stereocenters. The lowest BCUT2D eigenvalue weighted by Crippen LogP contribution is -2.34. The van der Waals surface area contributed by atoms with Crippen LogP contribution in [-0.4, -0.2) is 38.9 Å². The first-order chi connectivity index (χ1) is 9.45. The van der Waals surface area contributed by atoms with Gasteiger partial charge < -0.3 is 14.8 Å². The number of aromatic hydroxyl groups is 1. The number of pyridine rings is 1. The summed E-state index contributed by atoms with van der Waals surface area (Å²) in [5.74, 6) is 0.507. The molecule has 2 heterocycles. The van der Waals surface area contributed by atoms with E-state index in [4.69, 9.17) is 0 Å². The molecule has 0 radical (unpaired) electrons. The number of nitrogens with zero attached hydrogens (tertiary/aromatic N) is 2. The predicted octanol–water partition coefficient (Wildman–Crippen LogP) is 1.17. The summed E-state index contributed by atoms with van der Waals surface area (Å²) >= 11 is 0. The van der Waals surface area contributed by atoms with E-state index in [1.54, 1.807) is 11.5 Å². The van der Waals surface area contributed by atoms with Crippen LogP contribution < -0.4 is 5.43 Å². The van der Waals surface area contributed by atoms with Gasteiger partial charge in [0.15, 0.2) is 5.75 Å². The van der Waals surface area contributed by atoms with E-state index in [9.17, 15) is 15.0 Å². The van der Waals surface area contributed by atoms with Crippen LogP contribution in [0, 0.1) is 5.92 Å². The number of piperidine rings is 1. The maximum Gasteiger partial charge on any atom is 0.223 e. The Bertz CT molecular complexity index is 502. The van der Waals surface area contributed by atoms with Crippen LogP contribution in [0.1, 0.15) is 32.4 Å². The molecule has 5 nitrogen and oxygen atoms in total. The largest absolute Gasteiger partial charge is 0.503 e. The van der Waals surface area contributed by atoms with Crippen LogP contribution in [0.3, 0.4) is 0 Å². The van der Waals surface area contributed by atoms with Crippen molar-refractivity contribution in [3.8, 4) is 5.75 Å². The number of aromatic nitrogens is 1. The molecule has 1 aliphatic rings. The van der Waals surface area contributed by atoms with E-state index in [0.717, 1.165) is 24.7 Å². The van der Waals surface area contributed by atoms with Crippen molar-refractivity contribution in [3.63, 3.8) is 0 Å². The van der Waals surface area contributed by atoms with Gasteiger partial charge in [0, 0.05) is 24.8 Å². The van der Waals surface area contributed by atoms with Crippen LogP contribution >= 0.6 is 0 Å². The second-order valence-electron chi connectivity index (χ2n) is 5.97. The second kappa shape index (κ2) is 6.41. The smallest absolute Gasteiger partial charge is 0.223 e. The Morgan fingerprint density at radius 3 is 2.65 bits per heavy atom. The quantitative estimate of drug-likeness (QED) is 0.869. The van der Waals surface area contributed by atoms with E-state index in [1.165, 1.54) is 25.1 Å². The molecule has 1 fully saturated rings. The highest BCUT2D eigenvalue weighted by atomic mass is 16.3. The third-order valence-corrected chi connectivity index (χ3v) is 3.92. The van der Waals surface area contributed by atoms with Crippen molar-refractivity contribution < 1.29 is 10.2 Å². The van der Waals surface area contributed by atoms with Crippen molar-refractivity contribution in [1.82, 2.24) is 9.47 Å². The molecule has 1 aromatic heterocycles. The molecule has 5 heteroatoms. The van der Waals surface area contributed by atoms with Crippen molar-refractivity contribution in [2.75, 3.05) is 13.1 Å². The molecule has 0 aromatic carbocycles. The van der Waals surface area contributed by atoms with Crippen LogP contribution in [0.2, 0.25) is 0 Å². The third-order valence-electron chi connectivity index (χ3n) is 3.92. The number of likely N-dealkylation sites (tertiary alicyclic amines) is 1. The Kier molecular flexibility index (Phi) is 4.83. The first kappa shape index (κ1) is 15.1. The van der Waals surface area contributed by atoms with Gasteiger partial charge >= 0.3 is 0 Å². The fourth-order valence-electron chi connectivity index (χ4n) is 2.64. The van der Waals surface area contributed by atoms with Crippen LogP contribution in [0.5, 0.6) is 5.75 Å². The summed E-state index contributed by atoms with van der Waals surface area (Å²) in [5.41, 5.74) is 0.496. The molecule has 0 saturated carbocycles. The van der Waals surface area contributed by atoms with Crippen molar-refractivity contribution in [1.29, 1.82) is 0 Å². The first-order valence-electron chi connectivity index (χ1n) is 7.28. The van der Waals surface area contributed by atoms with Crippen molar-refractivity contribution in [3.05, 3.63) is 28.2 Å². The first-order valence-corrected chi connectivity index (χ1v) is 7.28. The number of hydrogen-bond donors (Lipinski definition) is 2. The molecule has 0 amide bonds. The molecular weight excluding hydrogens is 256 g/mol. The van der Waals surface area contributed by atoms with Gasteiger partial charge in [-0.2, -0.15) is 0 Å². The second-order valence-corrected chi connectivity index (χ2v) is 5.97. The highest BCUT2D eigenvalue weighted by molar-refractivity contribution is 5.20. The predicted molar refractivity (Wildman–Crippen MR) is 77.7 cm³/mol. The van der Waals surface area contributed by atoms with E-state index >= 15 is 0 Å². The molecule has 20 heavy (non-hydrogen) atoms.